The number of aliphatic hydroxyl groups excluding tert-OH is 1. The maximum atomic E-state index is 12.8. The number of likely N-dealkylation sites (N-methyl/N-ethyl adjacent to an activating group) is 1. The molecule has 0 fully saturated rings. The molecule has 0 saturated carbocycles. The zero-order valence-electron chi connectivity index (χ0n) is 8.53. The number of rotatable bonds is 3. The van der Waals surface area contributed by atoms with Gasteiger partial charge in [0.15, 0.2) is 0 Å². The van der Waals surface area contributed by atoms with Crippen molar-refractivity contribution in [3.63, 3.8) is 0 Å². The number of halogens is 1. The number of aliphatic hydroxyl groups is 1. The Bertz CT molecular complexity index is 317. The normalized spacial score (nSPS) is 11.5. The molecule has 5 heteroatoms. The lowest BCUT2D eigenvalue weighted by molar-refractivity contribution is 0.215. The van der Waals surface area contributed by atoms with Crippen LogP contribution in [0, 0.1) is 5.95 Å². The third-order valence-corrected chi connectivity index (χ3v) is 2.26. The lowest BCUT2D eigenvalue weighted by Crippen LogP contribution is -2.44. The van der Waals surface area contributed by atoms with Crippen molar-refractivity contribution < 1.29 is 9.50 Å². The summed E-state index contributed by atoms with van der Waals surface area (Å²) in [4.78, 5) is 8.99. The van der Waals surface area contributed by atoms with Gasteiger partial charge in [-0.1, -0.05) is 0 Å². The van der Waals surface area contributed by atoms with Crippen LogP contribution in [0.1, 0.15) is 13.8 Å². The van der Waals surface area contributed by atoms with Gasteiger partial charge in [-0.3, -0.25) is 0 Å². The highest BCUT2D eigenvalue weighted by atomic mass is 19.1. The third-order valence-electron chi connectivity index (χ3n) is 2.26. The van der Waals surface area contributed by atoms with Crippen LogP contribution >= 0.6 is 0 Å². The van der Waals surface area contributed by atoms with Crippen molar-refractivity contribution in [3.8, 4) is 0 Å². The van der Waals surface area contributed by atoms with E-state index in [2.05, 4.69) is 9.97 Å². The van der Waals surface area contributed by atoms with Crippen molar-refractivity contribution in [2.24, 2.45) is 0 Å². The average molecular weight is 199 g/mol. The molecule has 0 spiro atoms. The van der Waals surface area contributed by atoms with Crippen LogP contribution in [0.15, 0.2) is 12.4 Å². The Morgan fingerprint density at radius 2 is 2.14 bits per heavy atom. The highest BCUT2D eigenvalue weighted by Crippen LogP contribution is 2.19. The quantitative estimate of drug-likeness (QED) is 0.732. The van der Waals surface area contributed by atoms with Crippen LogP contribution in [0.3, 0.4) is 0 Å². The van der Waals surface area contributed by atoms with Gasteiger partial charge < -0.3 is 10.0 Å². The maximum Gasteiger partial charge on any atom is 0.218 e. The van der Waals surface area contributed by atoms with Crippen LogP contribution in [-0.4, -0.2) is 34.3 Å². The molecule has 4 nitrogen and oxygen atoms in total. The van der Waals surface area contributed by atoms with Crippen molar-refractivity contribution in [2.75, 3.05) is 18.6 Å². The molecule has 1 aromatic heterocycles. The van der Waals surface area contributed by atoms with E-state index >= 15 is 0 Å². The minimum absolute atomic E-state index is 0.0326. The highest BCUT2D eigenvalue weighted by molar-refractivity contribution is 5.39. The second kappa shape index (κ2) is 3.88. The minimum Gasteiger partial charge on any atom is -0.394 e. The number of nitrogens with zero attached hydrogens (tertiary/aromatic N) is 3. The fourth-order valence-corrected chi connectivity index (χ4v) is 0.924. The predicted molar refractivity (Wildman–Crippen MR) is 51.6 cm³/mol. The summed E-state index contributed by atoms with van der Waals surface area (Å²) in [6.45, 7) is 3.65. The first kappa shape index (κ1) is 10.8. The van der Waals surface area contributed by atoms with E-state index in [9.17, 15) is 4.39 Å². The van der Waals surface area contributed by atoms with Crippen LogP contribution < -0.4 is 4.90 Å². The lowest BCUT2D eigenvalue weighted by Gasteiger charge is -2.34. The number of anilines is 1. The molecule has 0 aromatic carbocycles. The maximum absolute atomic E-state index is 12.8. The molecule has 0 aliphatic rings. The molecule has 0 amide bonds. The summed E-state index contributed by atoms with van der Waals surface area (Å²) < 4.78 is 12.8. The van der Waals surface area contributed by atoms with E-state index in [1.807, 2.05) is 13.8 Å². The van der Waals surface area contributed by atoms with Crippen LogP contribution in [0.2, 0.25) is 0 Å². The molecule has 1 N–H and O–H groups in total. The summed E-state index contributed by atoms with van der Waals surface area (Å²) in [5.41, 5.74) is -0.471. The van der Waals surface area contributed by atoms with Crippen LogP contribution in [-0.2, 0) is 0 Å². The second-order valence-corrected chi connectivity index (χ2v) is 3.73. The Hall–Kier alpha value is -1.23. The predicted octanol–water partition coefficient (Wildman–Crippen LogP) is 0.823. The molecule has 1 rings (SSSR count). The molecular weight excluding hydrogens is 185 g/mol. The standard InChI is InChI=1S/C9H14FN3O/c1-9(2,5-14)13(3)8-4-7(10)11-6-12-8/h4,6,14H,5H2,1-3H3. The molecule has 1 aromatic rings. The van der Waals surface area contributed by atoms with E-state index in [0.717, 1.165) is 6.33 Å². The third kappa shape index (κ3) is 2.17. The number of aromatic nitrogens is 2. The van der Waals surface area contributed by atoms with E-state index in [4.69, 9.17) is 5.11 Å². The van der Waals surface area contributed by atoms with Crippen LogP contribution in [0.5, 0.6) is 0 Å². The van der Waals surface area contributed by atoms with E-state index in [-0.39, 0.29) is 6.61 Å². The fourth-order valence-electron chi connectivity index (χ4n) is 0.924. The molecule has 14 heavy (non-hydrogen) atoms. The Balaban J connectivity index is 2.94. The van der Waals surface area contributed by atoms with Gasteiger partial charge in [0.25, 0.3) is 0 Å². The van der Waals surface area contributed by atoms with Crippen LogP contribution in [0.4, 0.5) is 10.2 Å². The molecule has 0 bridgehead atoms. The molecule has 0 atom stereocenters. The fraction of sp³-hybridized carbons (Fsp3) is 0.556. The smallest absolute Gasteiger partial charge is 0.218 e. The van der Waals surface area contributed by atoms with Gasteiger partial charge in [0.05, 0.1) is 12.1 Å². The molecule has 78 valence electrons. The van der Waals surface area contributed by atoms with Crippen molar-refractivity contribution >= 4 is 5.82 Å². The van der Waals surface area contributed by atoms with Crippen molar-refractivity contribution in [1.29, 1.82) is 0 Å². The zero-order chi connectivity index (χ0) is 10.8. The summed E-state index contributed by atoms with van der Waals surface area (Å²) in [6, 6.07) is 1.23. The first-order chi connectivity index (χ1) is 6.47. The summed E-state index contributed by atoms with van der Waals surface area (Å²) in [5, 5.41) is 9.12. The minimum atomic E-state index is -0.574. The molecule has 0 radical (unpaired) electrons. The van der Waals surface area contributed by atoms with Gasteiger partial charge in [0, 0.05) is 13.1 Å². The van der Waals surface area contributed by atoms with E-state index in [1.165, 1.54) is 6.07 Å². The monoisotopic (exact) mass is 199 g/mol. The Morgan fingerprint density at radius 1 is 1.50 bits per heavy atom. The van der Waals surface area contributed by atoms with Gasteiger partial charge >= 0.3 is 0 Å². The molecule has 0 aliphatic carbocycles. The average Bonchev–Trinajstić information content (AvgIpc) is 2.16. The van der Waals surface area contributed by atoms with Crippen molar-refractivity contribution in [3.05, 3.63) is 18.3 Å². The number of hydrogen-bond acceptors (Lipinski definition) is 4. The van der Waals surface area contributed by atoms with E-state index in [1.54, 1.807) is 11.9 Å². The Labute approximate surface area is 82.4 Å². The van der Waals surface area contributed by atoms with Crippen LogP contribution in [0.25, 0.3) is 0 Å². The van der Waals surface area contributed by atoms with Gasteiger partial charge in [-0.25, -0.2) is 9.97 Å². The largest absolute Gasteiger partial charge is 0.394 e. The van der Waals surface area contributed by atoms with Gasteiger partial charge in [-0.05, 0) is 13.8 Å². The zero-order valence-corrected chi connectivity index (χ0v) is 8.53. The van der Waals surface area contributed by atoms with Gasteiger partial charge in [0.1, 0.15) is 12.1 Å². The molecule has 1 heterocycles. The molecule has 0 saturated heterocycles. The van der Waals surface area contributed by atoms with Gasteiger partial charge in [-0.15, -0.1) is 0 Å². The van der Waals surface area contributed by atoms with Crippen molar-refractivity contribution in [2.45, 2.75) is 19.4 Å². The SMILES string of the molecule is CN(c1cc(F)ncn1)C(C)(C)CO. The molecular formula is C9H14FN3O. The second-order valence-electron chi connectivity index (χ2n) is 3.73. The Kier molecular flexibility index (Phi) is 3.00. The first-order valence-electron chi connectivity index (χ1n) is 4.29. The summed E-state index contributed by atoms with van der Waals surface area (Å²) in [6.07, 6.45) is 1.16. The van der Waals surface area contributed by atoms with Gasteiger partial charge in [-0.2, -0.15) is 4.39 Å². The topological polar surface area (TPSA) is 49.2 Å². The summed E-state index contributed by atoms with van der Waals surface area (Å²) in [7, 11) is 1.75. The summed E-state index contributed by atoms with van der Waals surface area (Å²) >= 11 is 0. The highest BCUT2D eigenvalue weighted by Gasteiger charge is 2.23. The molecule has 0 unspecified atom stereocenters. The first-order valence-corrected chi connectivity index (χ1v) is 4.29. The Morgan fingerprint density at radius 3 is 2.64 bits per heavy atom. The van der Waals surface area contributed by atoms with Gasteiger partial charge in [0.2, 0.25) is 5.95 Å². The molecule has 0 aliphatic heterocycles. The van der Waals surface area contributed by atoms with E-state index in [0.29, 0.717) is 5.82 Å². The summed E-state index contributed by atoms with van der Waals surface area (Å²) in [5.74, 6) is -0.118. The van der Waals surface area contributed by atoms with Crippen molar-refractivity contribution in [1.82, 2.24) is 9.97 Å². The lowest BCUT2D eigenvalue weighted by atomic mass is 10.1. The van der Waals surface area contributed by atoms with E-state index < -0.39 is 11.5 Å². The number of hydrogen-bond donors (Lipinski definition) is 1.